The highest BCUT2D eigenvalue weighted by Gasteiger charge is 2.12. The van der Waals surface area contributed by atoms with Gasteiger partial charge in [-0.2, -0.15) is 0 Å². The maximum Gasteiger partial charge on any atom is 0.258 e. The number of aliphatic hydroxyl groups is 1. The average Bonchev–Trinajstić information content (AvgIpc) is 2.54. The van der Waals surface area contributed by atoms with E-state index in [1.807, 2.05) is 0 Å². The molecule has 7 heteroatoms. The minimum absolute atomic E-state index is 0.0438. The summed E-state index contributed by atoms with van der Waals surface area (Å²) in [7, 11) is 0. The van der Waals surface area contributed by atoms with Crippen molar-refractivity contribution in [3.05, 3.63) is 64.7 Å². The molecule has 0 radical (unpaired) electrons. The van der Waals surface area contributed by atoms with Crippen molar-refractivity contribution in [2.75, 3.05) is 13.2 Å². The van der Waals surface area contributed by atoms with Gasteiger partial charge in [-0.3, -0.25) is 4.79 Å². The normalized spacial score (nSPS) is 11.8. The highest BCUT2D eigenvalue weighted by Crippen LogP contribution is 2.19. The molecule has 1 unspecified atom stereocenters. The quantitative estimate of drug-likeness (QED) is 0.849. The van der Waals surface area contributed by atoms with Crippen molar-refractivity contribution in [3.8, 4) is 5.75 Å². The van der Waals surface area contributed by atoms with Gasteiger partial charge in [-0.1, -0.05) is 17.7 Å². The van der Waals surface area contributed by atoms with Crippen LogP contribution in [0.25, 0.3) is 0 Å². The summed E-state index contributed by atoms with van der Waals surface area (Å²) in [6.07, 6.45) is -1.07. The second kappa shape index (κ2) is 7.89. The van der Waals surface area contributed by atoms with Crippen LogP contribution in [0.5, 0.6) is 5.75 Å². The van der Waals surface area contributed by atoms with Gasteiger partial charge in [0.25, 0.3) is 5.91 Å². The number of rotatable bonds is 6. The van der Waals surface area contributed by atoms with Crippen LogP contribution in [0.2, 0.25) is 5.02 Å². The number of hydrogen-bond acceptors (Lipinski definition) is 3. The third kappa shape index (κ3) is 5.19. The van der Waals surface area contributed by atoms with Gasteiger partial charge in [-0.05, 0) is 42.0 Å². The minimum Gasteiger partial charge on any atom is -0.484 e. The molecule has 23 heavy (non-hydrogen) atoms. The number of halogens is 3. The summed E-state index contributed by atoms with van der Waals surface area (Å²) in [4.78, 5) is 11.6. The van der Waals surface area contributed by atoms with E-state index in [1.54, 1.807) is 0 Å². The fraction of sp³-hybridized carbons (Fsp3) is 0.188. The van der Waals surface area contributed by atoms with Crippen molar-refractivity contribution < 1.29 is 23.4 Å². The summed E-state index contributed by atoms with van der Waals surface area (Å²) in [6.45, 7) is -0.389. The molecular formula is C16H14ClF2NO3. The minimum atomic E-state index is -1.07. The van der Waals surface area contributed by atoms with Crippen LogP contribution in [-0.4, -0.2) is 24.2 Å². The van der Waals surface area contributed by atoms with E-state index in [9.17, 15) is 18.7 Å². The fourth-order valence-electron chi connectivity index (χ4n) is 1.78. The molecule has 2 aromatic rings. The van der Waals surface area contributed by atoms with E-state index in [1.165, 1.54) is 36.4 Å². The first-order valence-electron chi connectivity index (χ1n) is 6.74. The number of hydrogen-bond donors (Lipinski definition) is 2. The van der Waals surface area contributed by atoms with Gasteiger partial charge in [0.05, 0.1) is 11.1 Å². The Morgan fingerprint density at radius 2 is 1.91 bits per heavy atom. The van der Waals surface area contributed by atoms with E-state index >= 15 is 0 Å². The van der Waals surface area contributed by atoms with Gasteiger partial charge in [0, 0.05) is 6.54 Å². The molecule has 122 valence electrons. The van der Waals surface area contributed by atoms with E-state index in [0.29, 0.717) is 11.3 Å². The Labute approximate surface area is 136 Å². The van der Waals surface area contributed by atoms with Crippen LogP contribution < -0.4 is 10.1 Å². The molecule has 0 saturated heterocycles. The third-order valence-corrected chi connectivity index (χ3v) is 3.31. The Hall–Kier alpha value is -2.18. The molecule has 2 aromatic carbocycles. The van der Waals surface area contributed by atoms with Crippen LogP contribution in [0, 0.1) is 11.6 Å². The topological polar surface area (TPSA) is 58.6 Å². The molecule has 2 N–H and O–H groups in total. The van der Waals surface area contributed by atoms with E-state index in [0.717, 1.165) is 6.07 Å². The van der Waals surface area contributed by atoms with Crippen LogP contribution in [0.15, 0.2) is 42.5 Å². The van der Waals surface area contributed by atoms with Gasteiger partial charge < -0.3 is 15.2 Å². The lowest BCUT2D eigenvalue weighted by atomic mass is 10.1. The molecule has 0 aliphatic rings. The first-order valence-corrected chi connectivity index (χ1v) is 7.11. The molecule has 1 atom stereocenters. The first-order chi connectivity index (χ1) is 11.0. The Balaban J connectivity index is 1.79. The molecule has 4 nitrogen and oxygen atoms in total. The summed E-state index contributed by atoms with van der Waals surface area (Å²) in [5, 5.41) is 12.3. The summed E-state index contributed by atoms with van der Waals surface area (Å²) < 4.78 is 31.2. The van der Waals surface area contributed by atoms with Crippen LogP contribution in [0.1, 0.15) is 11.7 Å². The number of ether oxygens (including phenoxy) is 1. The number of carbonyl (C=O) groups is 1. The lowest BCUT2D eigenvalue weighted by Crippen LogP contribution is -2.32. The molecule has 1 amide bonds. The fourth-order valence-corrected chi connectivity index (χ4v) is 1.90. The molecule has 0 spiro atoms. The Morgan fingerprint density at radius 3 is 2.57 bits per heavy atom. The van der Waals surface area contributed by atoms with E-state index in [4.69, 9.17) is 16.3 Å². The van der Waals surface area contributed by atoms with Crippen molar-refractivity contribution in [2.24, 2.45) is 0 Å². The zero-order valence-electron chi connectivity index (χ0n) is 11.9. The van der Waals surface area contributed by atoms with Crippen molar-refractivity contribution in [3.63, 3.8) is 0 Å². The van der Waals surface area contributed by atoms with Crippen molar-refractivity contribution in [2.45, 2.75) is 6.10 Å². The van der Waals surface area contributed by atoms with E-state index < -0.39 is 23.6 Å². The van der Waals surface area contributed by atoms with E-state index in [-0.39, 0.29) is 18.2 Å². The van der Waals surface area contributed by atoms with Crippen molar-refractivity contribution >= 4 is 17.5 Å². The third-order valence-electron chi connectivity index (χ3n) is 3.00. The van der Waals surface area contributed by atoms with Crippen LogP contribution >= 0.6 is 11.6 Å². The van der Waals surface area contributed by atoms with Crippen LogP contribution in [0.4, 0.5) is 8.78 Å². The maximum absolute atomic E-state index is 13.3. The zero-order valence-corrected chi connectivity index (χ0v) is 12.7. The number of amides is 1. The second-order valence-corrected chi connectivity index (χ2v) is 5.14. The van der Waals surface area contributed by atoms with Crippen molar-refractivity contribution in [1.29, 1.82) is 0 Å². The largest absolute Gasteiger partial charge is 0.484 e. The highest BCUT2D eigenvalue weighted by atomic mass is 35.5. The van der Waals surface area contributed by atoms with Crippen molar-refractivity contribution in [1.82, 2.24) is 5.32 Å². The molecule has 0 bridgehead atoms. The van der Waals surface area contributed by atoms with Gasteiger partial charge in [0.15, 0.2) is 6.61 Å². The molecule has 0 aliphatic carbocycles. The van der Waals surface area contributed by atoms with Gasteiger partial charge >= 0.3 is 0 Å². The highest BCUT2D eigenvalue weighted by molar-refractivity contribution is 6.30. The van der Waals surface area contributed by atoms with Crippen LogP contribution in [-0.2, 0) is 4.79 Å². The monoisotopic (exact) mass is 341 g/mol. The molecule has 0 aromatic heterocycles. The molecular weight excluding hydrogens is 328 g/mol. The predicted molar refractivity (Wildman–Crippen MR) is 81.3 cm³/mol. The molecule has 0 fully saturated rings. The average molecular weight is 342 g/mol. The number of nitrogens with one attached hydrogen (secondary N) is 1. The Kier molecular flexibility index (Phi) is 5.90. The lowest BCUT2D eigenvalue weighted by Gasteiger charge is -2.13. The molecule has 2 rings (SSSR count). The summed E-state index contributed by atoms with van der Waals surface area (Å²) in [5.41, 5.74) is 0.298. The zero-order chi connectivity index (χ0) is 16.8. The standard InChI is InChI=1S/C16H14ClF2NO3/c17-13-6-1-10(7-14(13)19)15(21)8-20-16(22)9-23-12-4-2-11(18)3-5-12/h1-7,15,21H,8-9H2,(H,20,22). The maximum atomic E-state index is 13.3. The predicted octanol–water partition coefficient (Wildman–Crippen LogP) is 2.85. The summed E-state index contributed by atoms with van der Waals surface area (Å²) in [6, 6.07) is 9.13. The first kappa shape index (κ1) is 17.2. The Morgan fingerprint density at radius 1 is 1.22 bits per heavy atom. The second-order valence-electron chi connectivity index (χ2n) is 4.74. The number of aliphatic hydroxyl groups excluding tert-OH is 1. The molecule has 0 aliphatic heterocycles. The molecule has 0 saturated carbocycles. The number of carbonyl (C=O) groups excluding carboxylic acids is 1. The lowest BCUT2D eigenvalue weighted by molar-refractivity contribution is -0.123. The SMILES string of the molecule is O=C(COc1ccc(F)cc1)NCC(O)c1ccc(Cl)c(F)c1. The van der Waals surface area contributed by atoms with Gasteiger partial charge in [0.2, 0.25) is 0 Å². The van der Waals surface area contributed by atoms with Gasteiger partial charge in [-0.25, -0.2) is 8.78 Å². The van der Waals surface area contributed by atoms with E-state index in [2.05, 4.69) is 5.32 Å². The number of benzene rings is 2. The van der Waals surface area contributed by atoms with Crippen LogP contribution in [0.3, 0.4) is 0 Å². The molecule has 0 heterocycles. The summed E-state index contributed by atoms with van der Waals surface area (Å²) in [5.74, 6) is -1.17. The smallest absolute Gasteiger partial charge is 0.258 e. The van der Waals surface area contributed by atoms with Gasteiger partial charge in [-0.15, -0.1) is 0 Å². The van der Waals surface area contributed by atoms with Gasteiger partial charge in [0.1, 0.15) is 17.4 Å². The summed E-state index contributed by atoms with van der Waals surface area (Å²) >= 11 is 5.56. The Bertz CT molecular complexity index is 680.